The van der Waals surface area contributed by atoms with Gasteiger partial charge in [0.05, 0.1) is 29.1 Å². The first-order valence-corrected chi connectivity index (χ1v) is 15.9. The van der Waals surface area contributed by atoms with Crippen molar-refractivity contribution in [2.45, 2.75) is 20.5 Å². The summed E-state index contributed by atoms with van der Waals surface area (Å²) in [4.78, 5) is 28.8. The van der Waals surface area contributed by atoms with Gasteiger partial charge in [0.15, 0.2) is 0 Å². The van der Waals surface area contributed by atoms with E-state index in [1.165, 1.54) is 11.3 Å². The highest BCUT2D eigenvalue weighted by atomic mass is 32.1. The number of thiophene rings is 1. The summed E-state index contributed by atoms with van der Waals surface area (Å²) in [6.45, 7) is 7.11. The van der Waals surface area contributed by atoms with Gasteiger partial charge < -0.3 is 28.9 Å². The highest BCUT2D eigenvalue weighted by Gasteiger charge is 2.23. The zero-order valence-electron chi connectivity index (χ0n) is 25.9. The number of carbonyl (C=O) groups excluding carboxylic acids is 1. The van der Waals surface area contributed by atoms with Crippen molar-refractivity contribution >= 4 is 44.8 Å². The van der Waals surface area contributed by atoms with E-state index in [9.17, 15) is 14.7 Å². The molecule has 6 rings (SSSR count). The van der Waals surface area contributed by atoms with E-state index in [0.29, 0.717) is 24.7 Å². The minimum Gasteiger partial charge on any atom is -0.489 e. The lowest BCUT2D eigenvalue weighted by Gasteiger charge is -2.31. The quantitative estimate of drug-likeness (QED) is 0.185. The van der Waals surface area contributed by atoms with Crippen LogP contribution in [-0.4, -0.2) is 54.9 Å². The van der Waals surface area contributed by atoms with Crippen molar-refractivity contribution in [3.8, 4) is 28.1 Å². The van der Waals surface area contributed by atoms with Gasteiger partial charge in [-0.25, -0.2) is 4.79 Å². The number of aryl methyl sites for hydroxylation is 1. The molecule has 1 aliphatic rings. The number of carboxylic acids is 1. The second kappa shape index (κ2) is 12.8. The van der Waals surface area contributed by atoms with Crippen molar-refractivity contribution in [1.82, 2.24) is 4.57 Å². The molecule has 1 aliphatic heterocycles. The molecule has 0 spiro atoms. The number of nitrogens with zero attached hydrogens (tertiary/aromatic N) is 3. The molecule has 0 aliphatic carbocycles. The van der Waals surface area contributed by atoms with Gasteiger partial charge in [-0.2, -0.15) is 0 Å². The third-order valence-corrected chi connectivity index (χ3v) is 9.42. The Hall–Kier alpha value is -4.60. The van der Waals surface area contributed by atoms with Gasteiger partial charge in [0.25, 0.3) is 0 Å². The summed E-state index contributed by atoms with van der Waals surface area (Å²) in [6.07, 6.45) is 0. The Kier molecular flexibility index (Phi) is 8.65. The molecule has 232 valence electrons. The number of morpholine rings is 1. The number of carbonyl (C=O) groups is 2. The first-order chi connectivity index (χ1) is 21.7. The molecule has 0 bridgehead atoms. The predicted octanol–water partition coefficient (Wildman–Crippen LogP) is 7.31. The third-order valence-electron chi connectivity index (χ3n) is 8.30. The molecule has 2 aromatic heterocycles. The zero-order valence-corrected chi connectivity index (χ0v) is 26.8. The Labute approximate surface area is 267 Å². The predicted molar refractivity (Wildman–Crippen MR) is 181 cm³/mol. The fourth-order valence-electron chi connectivity index (χ4n) is 5.91. The first-order valence-electron chi connectivity index (χ1n) is 15.1. The Bertz CT molecular complexity index is 1840. The van der Waals surface area contributed by atoms with Crippen LogP contribution in [0.5, 0.6) is 5.75 Å². The number of aromatic nitrogens is 1. The monoisotopic (exact) mass is 623 g/mol. The molecule has 0 radical (unpaired) electrons. The number of carboxylic acid groups (broad SMARTS) is 1. The minimum absolute atomic E-state index is 0.0613. The Balaban J connectivity index is 1.30. The molecule has 45 heavy (non-hydrogen) atoms. The molecule has 1 amide bonds. The van der Waals surface area contributed by atoms with Gasteiger partial charge in [0, 0.05) is 55.6 Å². The van der Waals surface area contributed by atoms with Crippen LogP contribution in [0.25, 0.3) is 32.6 Å². The first kappa shape index (κ1) is 30.4. The summed E-state index contributed by atoms with van der Waals surface area (Å²) < 4.78 is 15.0. The highest BCUT2D eigenvalue weighted by Crippen LogP contribution is 2.44. The molecular formula is C36H37N3O5S. The number of benzene rings is 3. The number of hydrogen-bond acceptors (Lipinski definition) is 6. The van der Waals surface area contributed by atoms with Gasteiger partial charge in [0.1, 0.15) is 17.2 Å². The average Bonchev–Trinajstić information content (AvgIpc) is 3.62. The van der Waals surface area contributed by atoms with Crippen molar-refractivity contribution in [2.75, 3.05) is 43.2 Å². The number of rotatable bonds is 9. The normalized spacial score (nSPS) is 13.4. The molecule has 3 aromatic carbocycles. The molecule has 0 atom stereocenters. The number of hydrogen-bond donors (Lipinski definition) is 1. The lowest BCUT2D eigenvalue weighted by molar-refractivity contribution is -0.121. The van der Waals surface area contributed by atoms with E-state index in [0.717, 1.165) is 68.4 Å². The van der Waals surface area contributed by atoms with E-state index < -0.39 is 5.97 Å². The van der Waals surface area contributed by atoms with Crippen molar-refractivity contribution in [3.05, 3.63) is 89.3 Å². The van der Waals surface area contributed by atoms with Crippen LogP contribution < -0.4 is 14.5 Å². The molecule has 0 unspecified atom stereocenters. The van der Waals surface area contributed by atoms with Crippen molar-refractivity contribution < 1.29 is 24.2 Å². The maximum atomic E-state index is 12.7. The smallest absolute Gasteiger partial charge is 0.345 e. The summed E-state index contributed by atoms with van der Waals surface area (Å²) in [6, 6.07) is 26.0. The van der Waals surface area contributed by atoms with Crippen molar-refractivity contribution in [2.24, 2.45) is 13.0 Å². The second-order valence-electron chi connectivity index (χ2n) is 11.6. The highest BCUT2D eigenvalue weighted by molar-refractivity contribution is 7.21. The molecule has 9 heteroatoms. The molecule has 8 nitrogen and oxygen atoms in total. The van der Waals surface area contributed by atoms with Crippen molar-refractivity contribution in [1.29, 1.82) is 0 Å². The van der Waals surface area contributed by atoms with Gasteiger partial charge in [-0.05, 0) is 59.7 Å². The van der Waals surface area contributed by atoms with Crippen LogP contribution in [0.3, 0.4) is 0 Å². The van der Waals surface area contributed by atoms with Crippen LogP contribution in [0.15, 0.2) is 78.9 Å². The largest absolute Gasteiger partial charge is 0.489 e. The van der Waals surface area contributed by atoms with E-state index in [2.05, 4.69) is 27.7 Å². The summed E-state index contributed by atoms with van der Waals surface area (Å²) in [5, 5.41) is 9.65. The van der Waals surface area contributed by atoms with E-state index in [-0.39, 0.29) is 11.8 Å². The maximum Gasteiger partial charge on any atom is 0.345 e. The summed E-state index contributed by atoms with van der Waals surface area (Å²) in [5.41, 5.74) is 7.90. The maximum absolute atomic E-state index is 12.7. The van der Waals surface area contributed by atoms with Gasteiger partial charge in [-0.3, -0.25) is 4.79 Å². The Morgan fingerprint density at radius 3 is 2.36 bits per heavy atom. The number of aromatic carboxylic acids is 1. The van der Waals surface area contributed by atoms with Crippen LogP contribution in [0, 0.1) is 5.92 Å². The summed E-state index contributed by atoms with van der Waals surface area (Å²) in [7, 11) is 3.80. The topological polar surface area (TPSA) is 84.2 Å². The minimum atomic E-state index is -0.918. The van der Waals surface area contributed by atoms with Crippen LogP contribution >= 0.6 is 11.3 Å². The van der Waals surface area contributed by atoms with E-state index in [4.69, 9.17) is 9.47 Å². The molecule has 0 saturated carbocycles. The molecular weight excluding hydrogens is 586 g/mol. The van der Waals surface area contributed by atoms with Crippen LogP contribution in [0.2, 0.25) is 0 Å². The summed E-state index contributed by atoms with van der Waals surface area (Å²) >= 11 is 1.30. The van der Waals surface area contributed by atoms with Crippen LogP contribution in [-0.2, 0) is 23.2 Å². The van der Waals surface area contributed by atoms with Gasteiger partial charge in [0.2, 0.25) is 5.91 Å². The van der Waals surface area contributed by atoms with E-state index in [1.54, 1.807) is 11.0 Å². The molecule has 1 fully saturated rings. The lowest BCUT2D eigenvalue weighted by Crippen LogP contribution is -2.37. The molecule has 1 saturated heterocycles. The zero-order chi connectivity index (χ0) is 31.7. The van der Waals surface area contributed by atoms with Gasteiger partial charge in [-0.15, -0.1) is 11.3 Å². The Morgan fingerprint density at radius 2 is 1.69 bits per heavy atom. The summed E-state index contributed by atoms with van der Waals surface area (Å²) in [5.74, 6) is -0.229. The number of ether oxygens (including phenoxy) is 2. The van der Waals surface area contributed by atoms with Crippen LogP contribution in [0.4, 0.5) is 11.4 Å². The van der Waals surface area contributed by atoms with E-state index in [1.807, 2.05) is 82.5 Å². The van der Waals surface area contributed by atoms with E-state index >= 15 is 0 Å². The molecule has 1 N–H and O–H groups in total. The molecule has 3 heterocycles. The van der Waals surface area contributed by atoms with Crippen molar-refractivity contribution in [3.63, 3.8) is 0 Å². The van der Waals surface area contributed by atoms with Crippen LogP contribution in [0.1, 0.15) is 29.1 Å². The molecule has 5 aromatic rings. The van der Waals surface area contributed by atoms with Gasteiger partial charge >= 0.3 is 5.97 Å². The van der Waals surface area contributed by atoms with Gasteiger partial charge in [-0.1, -0.05) is 44.2 Å². The number of fused-ring (bicyclic) bond motifs is 1. The average molecular weight is 624 g/mol. The SMILES string of the molecule is CC(C)C(=O)N(C)c1ccc(N2CCOCC2)c(COc2ccc(-c3c(-c4ccccc4)c4sc(C(=O)O)cc4n3C)cc2)c1. The Morgan fingerprint density at radius 1 is 0.978 bits per heavy atom. The standard InChI is InChI=1S/C36H37N3O5S/c1-23(2)35(40)37(3)27-12-15-29(39-16-18-43-19-17-39)26(20-27)22-44-28-13-10-25(11-14-28)33-32(24-8-6-5-7-9-24)34-30(38(33)4)21-31(45-34)36(41)42/h5-15,20-21,23H,16-19,22H2,1-4H3,(H,41,42). The fraction of sp³-hybridized carbons (Fsp3) is 0.278. The number of anilines is 2. The fourth-order valence-corrected chi connectivity index (χ4v) is 7.01. The second-order valence-corrected chi connectivity index (χ2v) is 12.6. The third kappa shape index (κ3) is 6.06. The number of amides is 1. The lowest BCUT2D eigenvalue weighted by atomic mass is 10.0.